The number of carbonyl (C=O) groups excluding carboxylic acids is 1. The molecule has 0 saturated carbocycles. The van der Waals surface area contributed by atoms with Crippen molar-refractivity contribution >= 4 is 23.4 Å². The van der Waals surface area contributed by atoms with Gasteiger partial charge in [-0.2, -0.15) is 5.10 Å². The Morgan fingerprint density at radius 1 is 1.17 bits per heavy atom. The van der Waals surface area contributed by atoms with Gasteiger partial charge in [0.15, 0.2) is 5.71 Å². The maximum Gasteiger partial charge on any atom is 0.214 e. The summed E-state index contributed by atoms with van der Waals surface area (Å²) in [5, 5.41) is 15.4. The Morgan fingerprint density at radius 3 is 2.39 bits per heavy atom. The number of ether oxygens (including phenoxy) is 1. The van der Waals surface area contributed by atoms with Crippen LogP contribution in [-0.2, 0) is 0 Å². The van der Waals surface area contributed by atoms with Crippen molar-refractivity contribution in [2.75, 3.05) is 12.5 Å². The molecule has 0 fully saturated rings. The van der Waals surface area contributed by atoms with Gasteiger partial charge in [-0.25, -0.2) is 4.39 Å². The van der Waals surface area contributed by atoms with Gasteiger partial charge in [0.1, 0.15) is 11.6 Å². The maximum absolute atomic E-state index is 12.8. The second kappa shape index (κ2) is 7.69. The summed E-state index contributed by atoms with van der Waals surface area (Å²) < 4.78 is 17.9. The van der Waals surface area contributed by atoms with Crippen LogP contribution in [0.1, 0.15) is 10.4 Å². The Balaban J connectivity index is 2.20. The lowest BCUT2D eigenvalue weighted by molar-refractivity contribution is 0.106. The van der Waals surface area contributed by atoms with Crippen molar-refractivity contribution in [2.24, 2.45) is 10.3 Å². The molecule has 0 saturated heterocycles. The molecule has 0 radical (unpaired) electrons. The molecule has 0 aliphatic heterocycles. The van der Waals surface area contributed by atoms with E-state index in [9.17, 15) is 9.18 Å². The number of halogens is 1. The third kappa shape index (κ3) is 4.37. The van der Waals surface area contributed by atoms with E-state index < -0.39 is 5.78 Å². The average Bonchev–Trinajstić information content (AvgIpc) is 2.59. The fourth-order valence-electron chi connectivity index (χ4n) is 1.73. The Labute approximate surface area is 131 Å². The van der Waals surface area contributed by atoms with Gasteiger partial charge in [-0.05, 0) is 48.5 Å². The monoisotopic (exact) mass is 315 g/mol. The van der Waals surface area contributed by atoms with Crippen molar-refractivity contribution in [3.63, 3.8) is 0 Å². The van der Waals surface area contributed by atoms with Gasteiger partial charge in [-0.3, -0.25) is 10.2 Å². The van der Waals surface area contributed by atoms with Gasteiger partial charge in [-0.15, -0.1) is 0 Å². The molecule has 0 amide bonds. The molecule has 0 aromatic heterocycles. The minimum Gasteiger partial charge on any atom is -0.497 e. The summed E-state index contributed by atoms with van der Waals surface area (Å²) in [4.78, 5) is 12.3. The SMILES string of the molecule is COc1ccc(C(=O)C(C=NO)=NNc2ccc(F)cc2)cc1. The standard InChI is InChI=1S/C16H14FN3O3/c1-23-14-8-2-11(3-9-14)16(21)15(10-18-22)20-19-13-6-4-12(17)5-7-13/h2-10,19,22H,1H3. The minimum atomic E-state index is -0.444. The summed E-state index contributed by atoms with van der Waals surface area (Å²) in [6.45, 7) is 0. The van der Waals surface area contributed by atoms with Crippen LogP contribution >= 0.6 is 0 Å². The van der Waals surface area contributed by atoms with Gasteiger partial charge in [0.05, 0.1) is 19.0 Å². The highest BCUT2D eigenvalue weighted by Crippen LogP contribution is 2.13. The largest absolute Gasteiger partial charge is 0.497 e. The highest BCUT2D eigenvalue weighted by Gasteiger charge is 2.13. The van der Waals surface area contributed by atoms with Gasteiger partial charge < -0.3 is 9.94 Å². The zero-order chi connectivity index (χ0) is 16.7. The van der Waals surface area contributed by atoms with Gasteiger partial charge in [0.2, 0.25) is 5.78 Å². The average molecular weight is 315 g/mol. The normalized spacial score (nSPS) is 11.5. The second-order valence-corrected chi connectivity index (χ2v) is 4.42. The van der Waals surface area contributed by atoms with E-state index in [2.05, 4.69) is 15.7 Å². The molecular weight excluding hydrogens is 301 g/mol. The Bertz CT molecular complexity index is 725. The van der Waals surface area contributed by atoms with Crippen molar-refractivity contribution in [2.45, 2.75) is 0 Å². The molecule has 0 heterocycles. The first kappa shape index (κ1) is 16.2. The van der Waals surface area contributed by atoms with Crippen LogP contribution < -0.4 is 10.2 Å². The van der Waals surface area contributed by atoms with Crippen LogP contribution in [0, 0.1) is 5.82 Å². The lowest BCUT2D eigenvalue weighted by Gasteiger charge is -2.04. The number of hydrogen-bond donors (Lipinski definition) is 2. The molecule has 0 atom stereocenters. The summed E-state index contributed by atoms with van der Waals surface area (Å²) in [6.07, 6.45) is 0.920. The van der Waals surface area contributed by atoms with Gasteiger partial charge in [0, 0.05) is 5.56 Å². The number of carbonyl (C=O) groups is 1. The predicted molar refractivity (Wildman–Crippen MR) is 85.1 cm³/mol. The van der Waals surface area contributed by atoms with Crippen LogP contribution in [0.3, 0.4) is 0 Å². The van der Waals surface area contributed by atoms with E-state index in [0.717, 1.165) is 6.21 Å². The van der Waals surface area contributed by atoms with Gasteiger partial charge >= 0.3 is 0 Å². The molecule has 6 nitrogen and oxygen atoms in total. The van der Waals surface area contributed by atoms with Crippen LogP contribution in [0.5, 0.6) is 5.75 Å². The molecule has 7 heteroatoms. The molecule has 118 valence electrons. The fraction of sp³-hybridized carbons (Fsp3) is 0.0625. The first-order valence-electron chi connectivity index (χ1n) is 6.59. The Kier molecular flexibility index (Phi) is 5.40. The molecule has 2 N–H and O–H groups in total. The summed E-state index contributed by atoms with van der Waals surface area (Å²) >= 11 is 0. The Hall–Kier alpha value is -3.22. The third-order valence-electron chi connectivity index (χ3n) is 2.91. The molecule has 0 aliphatic carbocycles. The summed E-state index contributed by atoms with van der Waals surface area (Å²) in [7, 11) is 1.52. The number of rotatable bonds is 6. The van der Waals surface area contributed by atoms with Crippen LogP contribution in [0.2, 0.25) is 0 Å². The molecule has 0 aliphatic rings. The van der Waals surface area contributed by atoms with Crippen molar-refractivity contribution in [1.29, 1.82) is 0 Å². The minimum absolute atomic E-state index is 0.109. The molecule has 0 unspecified atom stereocenters. The molecule has 0 bridgehead atoms. The van der Waals surface area contributed by atoms with Crippen LogP contribution in [0.25, 0.3) is 0 Å². The maximum atomic E-state index is 12.8. The van der Waals surface area contributed by atoms with Crippen molar-refractivity contribution in [1.82, 2.24) is 0 Å². The van der Waals surface area contributed by atoms with E-state index in [1.165, 1.54) is 31.4 Å². The fourth-order valence-corrected chi connectivity index (χ4v) is 1.73. The molecule has 0 spiro atoms. The van der Waals surface area contributed by atoms with Crippen molar-refractivity contribution in [3.8, 4) is 5.75 Å². The molecular formula is C16H14FN3O3. The first-order valence-corrected chi connectivity index (χ1v) is 6.59. The number of anilines is 1. The number of Topliss-reactive ketones (excluding diaryl/α,β-unsaturated/α-hetero) is 1. The van der Waals surface area contributed by atoms with E-state index in [-0.39, 0.29) is 11.5 Å². The van der Waals surface area contributed by atoms with E-state index in [1.54, 1.807) is 24.3 Å². The Morgan fingerprint density at radius 2 is 1.83 bits per heavy atom. The smallest absolute Gasteiger partial charge is 0.214 e. The van der Waals surface area contributed by atoms with Crippen LogP contribution in [0.15, 0.2) is 58.8 Å². The van der Waals surface area contributed by atoms with E-state index >= 15 is 0 Å². The molecule has 2 aromatic carbocycles. The number of benzene rings is 2. The number of ketones is 1. The molecule has 2 rings (SSSR count). The lowest BCUT2D eigenvalue weighted by Crippen LogP contribution is -2.17. The number of hydrogen-bond acceptors (Lipinski definition) is 6. The zero-order valence-corrected chi connectivity index (χ0v) is 12.2. The van der Waals surface area contributed by atoms with Crippen LogP contribution in [0.4, 0.5) is 10.1 Å². The summed E-state index contributed by atoms with van der Waals surface area (Å²) in [6, 6.07) is 11.8. The first-order chi connectivity index (χ1) is 11.1. The number of nitrogens with one attached hydrogen (secondary N) is 1. The number of methoxy groups -OCH3 is 1. The lowest BCUT2D eigenvalue weighted by atomic mass is 10.1. The van der Waals surface area contributed by atoms with E-state index in [0.29, 0.717) is 17.0 Å². The predicted octanol–water partition coefficient (Wildman–Crippen LogP) is 2.95. The van der Waals surface area contributed by atoms with Crippen LogP contribution in [-0.4, -0.2) is 30.0 Å². The zero-order valence-electron chi connectivity index (χ0n) is 12.2. The van der Waals surface area contributed by atoms with Crippen molar-refractivity contribution < 1.29 is 19.1 Å². The number of oxime groups is 1. The van der Waals surface area contributed by atoms with Crippen molar-refractivity contribution in [3.05, 3.63) is 59.9 Å². The number of hydrazone groups is 1. The van der Waals surface area contributed by atoms with E-state index in [4.69, 9.17) is 9.94 Å². The third-order valence-corrected chi connectivity index (χ3v) is 2.91. The quantitative estimate of drug-likeness (QED) is 0.371. The summed E-state index contributed by atoms with van der Waals surface area (Å²) in [5.74, 6) is -0.216. The highest BCUT2D eigenvalue weighted by atomic mass is 19.1. The molecule has 23 heavy (non-hydrogen) atoms. The van der Waals surface area contributed by atoms with E-state index in [1.807, 2.05) is 0 Å². The summed E-state index contributed by atoms with van der Waals surface area (Å²) in [5.41, 5.74) is 3.33. The highest BCUT2D eigenvalue weighted by molar-refractivity contribution is 6.64. The van der Waals surface area contributed by atoms with Gasteiger partial charge in [0.25, 0.3) is 0 Å². The topological polar surface area (TPSA) is 83.3 Å². The number of nitrogens with zero attached hydrogens (tertiary/aromatic N) is 2. The molecule has 2 aromatic rings. The van der Waals surface area contributed by atoms with Gasteiger partial charge in [-0.1, -0.05) is 5.16 Å². The second-order valence-electron chi connectivity index (χ2n) is 4.42.